The first-order valence-electron chi connectivity index (χ1n) is 5.95. The molecule has 6 nitrogen and oxygen atoms in total. The largest absolute Gasteiger partial charge is 0.383 e. The molecule has 0 radical (unpaired) electrons. The summed E-state index contributed by atoms with van der Waals surface area (Å²) in [6.07, 6.45) is 8.51. The summed E-state index contributed by atoms with van der Waals surface area (Å²) in [5, 5.41) is 16.9. The number of aromatic nitrogens is 2. The maximum Gasteiger partial charge on any atom is 0.222 e. The van der Waals surface area contributed by atoms with Crippen LogP contribution < -0.4 is 5.32 Å². The predicted molar refractivity (Wildman–Crippen MR) is 70.1 cm³/mol. The molecule has 1 atom stereocenters. The van der Waals surface area contributed by atoms with Crippen LogP contribution >= 0.6 is 0 Å². The van der Waals surface area contributed by atoms with E-state index in [1.807, 2.05) is 0 Å². The molecule has 0 aliphatic heterocycles. The number of hydrogen-bond acceptors (Lipinski definition) is 4. The number of nitrogens with one attached hydrogen (secondary N) is 1. The fourth-order valence-corrected chi connectivity index (χ4v) is 1.46. The van der Waals surface area contributed by atoms with Crippen molar-refractivity contribution in [1.29, 1.82) is 0 Å². The van der Waals surface area contributed by atoms with Gasteiger partial charge in [-0.1, -0.05) is 5.92 Å². The number of aryl methyl sites for hydroxylation is 1. The number of rotatable bonds is 7. The molecule has 1 aromatic heterocycles. The lowest BCUT2D eigenvalue weighted by Crippen LogP contribution is -2.38. The minimum absolute atomic E-state index is 0.118. The Morgan fingerprint density at radius 1 is 1.74 bits per heavy atom. The molecule has 0 aromatic carbocycles. The zero-order valence-corrected chi connectivity index (χ0v) is 11.2. The lowest BCUT2D eigenvalue weighted by molar-refractivity contribution is -0.123. The number of terminal acetylenes is 1. The molecule has 0 bridgehead atoms. The van der Waals surface area contributed by atoms with E-state index in [4.69, 9.17) is 11.2 Å². The number of nitrogens with zero attached hydrogens (tertiary/aromatic N) is 2. The van der Waals surface area contributed by atoms with Crippen molar-refractivity contribution in [2.75, 3.05) is 19.8 Å². The summed E-state index contributed by atoms with van der Waals surface area (Å²) in [4.78, 5) is 11.5. The summed E-state index contributed by atoms with van der Waals surface area (Å²) in [6.45, 7) is 2.21. The molecule has 0 fully saturated rings. The maximum absolute atomic E-state index is 11.5. The topological polar surface area (TPSA) is 76.4 Å². The van der Waals surface area contributed by atoms with Crippen LogP contribution in [0.15, 0.2) is 12.4 Å². The van der Waals surface area contributed by atoms with Gasteiger partial charge in [0.1, 0.15) is 12.2 Å². The number of hydrogen-bond donors (Lipinski definition) is 2. The third kappa shape index (κ3) is 5.12. The quantitative estimate of drug-likeness (QED) is 0.528. The van der Waals surface area contributed by atoms with E-state index in [2.05, 4.69) is 16.3 Å². The van der Waals surface area contributed by atoms with E-state index in [0.29, 0.717) is 5.56 Å². The normalized spacial score (nSPS) is 13.6. The first-order valence-corrected chi connectivity index (χ1v) is 5.95. The highest BCUT2D eigenvalue weighted by Crippen LogP contribution is 2.18. The van der Waals surface area contributed by atoms with Gasteiger partial charge in [-0.3, -0.25) is 9.48 Å². The smallest absolute Gasteiger partial charge is 0.222 e. The van der Waals surface area contributed by atoms with Gasteiger partial charge < -0.3 is 15.2 Å². The number of ether oxygens (including phenoxy) is 1. The lowest BCUT2D eigenvalue weighted by Gasteiger charge is -2.22. The van der Waals surface area contributed by atoms with Gasteiger partial charge in [-0.2, -0.15) is 5.10 Å². The minimum atomic E-state index is -1.15. The Morgan fingerprint density at radius 3 is 3.05 bits per heavy atom. The molecule has 104 valence electrons. The van der Waals surface area contributed by atoms with Crippen LogP contribution in [-0.2, 0) is 22.2 Å². The van der Waals surface area contributed by atoms with E-state index in [1.165, 1.54) is 0 Å². The molecule has 0 saturated heterocycles. The summed E-state index contributed by atoms with van der Waals surface area (Å²) in [6, 6.07) is 0. The van der Waals surface area contributed by atoms with Crippen molar-refractivity contribution >= 4 is 5.91 Å². The van der Waals surface area contributed by atoms with Gasteiger partial charge in [-0.25, -0.2) is 0 Å². The Bertz CT molecular complexity index is 460. The summed E-state index contributed by atoms with van der Waals surface area (Å²) in [5.41, 5.74) is -0.497. The Balaban J connectivity index is 2.35. The SMILES string of the molecule is C#CCOCCC(=O)NCC(C)(O)c1cnn(C)c1. The average molecular weight is 265 g/mol. The second kappa shape index (κ2) is 6.92. The van der Waals surface area contributed by atoms with E-state index >= 15 is 0 Å². The molecule has 2 N–H and O–H groups in total. The van der Waals surface area contributed by atoms with Crippen molar-refractivity contribution in [3.05, 3.63) is 18.0 Å². The summed E-state index contributed by atoms with van der Waals surface area (Å²) in [5.74, 6) is 2.12. The molecule has 1 aromatic rings. The minimum Gasteiger partial charge on any atom is -0.383 e. The van der Waals surface area contributed by atoms with Gasteiger partial charge in [0.2, 0.25) is 5.91 Å². The first-order chi connectivity index (χ1) is 8.95. The molecular formula is C13H19N3O3. The molecule has 1 rings (SSSR count). The highest BCUT2D eigenvalue weighted by atomic mass is 16.5. The Morgan fingerprint density at radius 2 is 2.47 bits per heavy atom. The van der Waals surface area contributed by atoms with Crippen molar-refractivity contribution in [3.63, 3.8) is 0 Å². The number of carbonyl (C=O) groups excluding carboxylic acids is 1. The molecule has 6 heteroatoms. The molecule has 1 heterocycles. The van der Waals surface area contributed by atoms with Crippen LogP contribution in [0.3, 0.4) is 0 Å². The third-order valence-electron chi connectivity index (χ3n) is 2.62. The Hall–Kier alpha value is -1.84. The number of carbonyl (C=O) groups is 1. The standard InChI is InChI=1S/C13H19N3O3/c1-4-6-19-7-5-12(17)14-10-13(2,18)11-8-15-16(3)9-11/h1,8-9,18H,5-7,10H2,2-3H3,(H,14,17). The van der Waals surface area contributed by atoms with Gasteiger partial charge >= 0.3 is 0 Å². The van der Waals surface area contributed by atoms with Gasteiger partial charge in [0.05, 0.1) is 25.8 Å². The molecule has 1 amide bonds. The Kier molecular flexibility index (Phi) is 5.55. The van der Waals surface area contributed by atoms with Gasteiger partial charge in [0.25, 0.3) is 0 Å². The van der Waals surface area contributed by atoms with Crippen LogP contribution in [0.1, 0.15) is 18.9 Å². The maximum atomic E-state index is 11.5. The van der Waals surface area contributed by atoms with Crippen LogP contribution in [0.25, 0.3) is 0 Å². The summed E-state index contributed by atoms with van der Waals surface area (Å²) >= 11 is 0. The van der Waals surface area contributed by atoms with E-state index in [9.17, 15) is 9.90 Å². The van der Waals surface area contributed by atoms with Crippen molar-refractivity contribution in [1.82, 2.24) is 15.1 Å². The molecular weight excluding hydrogens is 246 g/mol. The van der Waals surface area contributed by atoms with Gasteiger partial charge in [0.15, 0.2) is 0 Å². The Labute approximate surface area is 112 Å². The van der Waals surface area contributed by atoms with Crippen LogP contribution in [-0.4, -0.2) is 40.6 Å². The summed E-state index contributed by atoms with van der Waals surface area (Å²) in [7, 11) is 1.76. The predicted octanol–water partition coefficient (Wildman–Crippen LogP) is -0.216. The fourth-order valence-electron chi connectivity index (χ4n) is 1.46. The van der Waals surface area contributed by atoms with Gasteiger partial charge in [-0.05, 0) is 6.92 Å². The fraction of sp³-hybridized carbons (Fsp3) is 0.538. The third-order valence-corrected chi connectivity index (χ3v) is 2.62. The average Bonchev–Trinajstić information content (AvgIpc) is 2.80. The number of aliphatic hydroxyl groups is 1. The van der Waals surface area contributed by atoms with E-state index in [1.54, 1.807) is 31.0 Å². The molecule has 0 aliphatic carbocycles. The van der Waals surface area contributed by atoms with Gasteiger partial charge in [-0.15, -0.1) is 6.42 Å². The highest BCUT2D eigenvalue weighted by molar-refractivity contribution is 5.76. The van der Waals surface area contributed by atoms with Crippen molar-refractivity contribution in [2.45, 2.75) is 18.9 Å². The van der Waals surface area contributed by atoms with E-state index in [-0.39, 0.29) is 32.1 Å². The highest BCUT2D eigenvalue weighted by Gasteiger charge is 2.25. The van der Waals surface area contributed by atoms with Crippen molar-refractivity contribution in [2.24, 2.45) is 7.05 Å². The second-order valence-electron chi connectivity index (χ2n) is 4.46. The summed E-state index contributed by atoms with van der Waals surface area (Å²) < 4.78 is 6.60. The van der Waals surface area contributed by atoms with Crippen molar-refractivity contribution < 1.29 is 14.6 Å². The second-order valence-corrected chi connectivity index (χ2v) is 4.46. The first kappa shape index (κ1) is 15.2. The molecule has 0 aliphatic rings. The van der Waals surface area contributed by atoms with E-state index < -0.39 is 5.60 Å². The van der Waals surface area contributed by atoms with Crippen LogP contribution in [0.4, 0.5) is 0 Å². The monoisotopic (exact) mass is 265 g/mol. The van der Waals surface area contributed by atoms with Crippen molar-refractivity contribution in [3.8, 4) is 12.3 Å². The molecule has 19 heavy (non-hydrogen) atoms. The molecule has 0 saturated carbocycles. The lowest BCUT2D eigenvalue weighted by atomic mass is 10.00. The zero-order chi connectivity index (χ0) is 14.3. The van der Waals surface area contributed by atoms with E-state index in [0.717, 1.165) is 0 Å². The van der Waals surface area contributed by atoms with Crippen LogP contribution in [0.5, 0.6) is 0 Å². The molecule has 0 spiro atoms. The van der Waals surface area contributed by atoms with Crippen LogP contribution in [0, 0.1) is 12.3 Å². The zero-order valence-electron chi connectivity index (χ0n) is 11.2. The van der Waals surface area contributed by atoms with Crippen LogP contribution in [0.2, 0.25) is 0 Å². The number of amides is 1. The van der Waals surface area contributed by atoms with Gasteiger partial charge in [0, 0.05) is 18.8 Å². The molecule has 1 unspecified atom stereocenters.